The van der Waals surface area contributed by atoms with Crippen LogP contribution in [0.1, 0.15) is 36.6 Å². The molecule has 0 spiro atoms. The number of rotatable bonds is 1. The molecule has 0 bridgehead atoms. The average Bonchev–Trinajstić information content (AvgIpc) is 2.61. The Hall–Kier alpha value is -1.88. The van der Waals surface area contributed by atoms with Gasteiger partial charge in [0.15, 0.2) is 5.82 Å². The molecular weight excluding hydrogens is 226 g/mol. The van der Waals surface area contributed by atoms with Crippen LogP contribution in [-0.2, 0) is 6.42 Å². The number of aryl methyl sites for hydroxylation is 1. The summed E-state index contributed by atoms with van der Waals surface area (Å²) in [5.74, 6) is 0.658. The van der Waals surface area contributed by atoms with E-state index in [0.29, 0.717) is 5.82 Å². The number of aromatic nitrogens is 4. The monoisotopic (exact) mass is 241 g/mol. The Balaban J connectivity index is 2.03. The van der Waals surface area contributed by atoms with E-state index in [-0.39, 0.29) is 6.04 Å². The molecule has 5 nitrogen and oxygen atoms in total. The highest BCUT2D eigenvalue weighted by Crippen LogP contribution is 2.26. The third kappa shape index (κ3) is 2.09. The van der Waals surface area contributed by atoms with Gasteiger partial charge in [-0.15, -0.1) is 0 Å². The standard InChI is InChI=1S/C13H15N5/c14-10-3-1-2-4-11-9(10)7-16-13(18-11)12-5-6-15-8-17-12/h5-8,10H,1-4,14H2. The molecule has 92 valence electrons. The average molecular weight is 241 g/mol. The van der Waals surface area contributed by atoms with E-state index < -0.39 is 0 Å². The van der Waals surface area contributed by atoms with Crippen molar-refractivity contribution in [3.05, 3.63) is 36.0 Å². The highest BCUT2D eigenvalue weighted by Gasteiger charge is 2.17. The van der Waals surface area contributed by atoms with Crippen LogP contribution in [0.3, 0.4) is 0 Å². The van der Waals surface area contributed by atoms with Crippen molar-refractivity contribution in [2.24, 2.45) is 5.73 Å². The summed E-state index contributed by atoms with van der Waals surface area (Å²) in [6, 6.07) is 1.89. The number of hydrogen-bond donors (Lipinski definition) is 1. The van der Waals surface area contributed by atoms with Gasteiger partial charge in [-0.2, -0.15) is 0 Å². The largest absolute Gasteiger partial charge is 0.324 e. The van der Waals surface area contributed by atoms with Crippen LogP contribution in [0.5, 0.6) is 0 Å². The molecule has 3 rings (SSSR count). The third-order valence-corrected chi connectivity index (χ3v) is 3.29. The summed E-state index contributed by atoms with van der Waals surface area (Å²) in [4.78, 5) is 17.1. The minimum Gasteiger partial charge on any atom is -0.324 e. The molecule has 2 N–H and O–H groups in total. The first-order valence-electron chi connectivity index (χ1n) is 6.22. The van der Waals surface area contributed by atoms with Gasteiger partial charge >= 0.3 is 0 Å². The molecule has 0 radical (unpaired) electrons. The van der Waals surface area contributed by atoms with Gasteiger partial charge in [0.1, 0.15) is 12.0 Å². The lowest BCUT2D eigenvalue weighted by atomic mass is 10.1. The smallest absolute Gasteiger partial charge is 0.178 e. The second-order valence-electron chi connectivity index (χ2n) is 4.54. The summed E-state index contributed by atoms with van der Waals surface area (Å²) in [6.07, 6.45) is 9.35. The third-order valence-electron chi connectivity index (χ3n) is 3.29. The Morgan fingerprint density at radius 1 is 1.22 bits per heavy atom. The van der Waals surface area contributed by atoms with Gasteiger partial charge in [0.05, 0.1) is 0 Å². The van der Waals surface area contributed by atoms with Crippen molar-refractivity contribution in [1.29, 1.82) is 0 Å². The molecule has 18 heavy (non-hydrogen) atoms. The molecule has 1 atom stereocenters. The molecular formula is C13H15N5. The highest BCUT2D eigenvalue weighted by atomic mass is 14.9. The van der Waals surface area contributed by atoms with E-state index in [9.17, 15) is 0 Å². The van der Waals surface area contributed by atoms with Crippen molar-refractivity contribution in [1.82, 2.24) is 19.9 Å². The maximum atomic E-state index is 6.13. The van der Waals surface area contributed by atoms with Crippen molar-refractivity contribution in [2.75, 3.05) is 0 Å². The van der Waals surface area contributed by atoms with E-state index in [1.54, 1.807) is 6.20 Å². The van der Waals surface area contributed by atoms with Crippen molar-refractivity contribution in [2.45, 2.75) is 31.7 Å². The Morgan fingerprint density at radius 3 is 3.00 bits per heavy atom. The molecule has 0 aromatic carbocycles. The molecule has 0 aliphatic heterocycles. The van der Waals surface area contributed by atoms with Crippen LogP contribution in [0.25, 0.3) is 11.5 Å². The zero-order valence-electron chi connectivity index (χ0n) is 10.1. The lowest BCUT2D eigenvalue weighted by Crippen LogP contribution is -2.12. The Bertz CT molecular complexity index is 540. The molecule has 2 aromatic rings. The predicted molar refractivity (Wildman–Crippen MR) is 67.5 cm³/mol. The minimum atomic E-state index is 0.0712. The topological polar surface area (TPSA) is 77.6 Å². The van der Waals surface area contributed by atoms with E-state index >= 15 is 0 Å². The molecule has 0 saturated heterocycles. The second kappa shape index (κ2) is 4.78. The molecule has 0 fully saturated rings. The Morgan fingerprint density at radius 2 is 2.17 bits per heavy atom. The molecule has 2 aromatic heterocycles. The fraction of sp³-hybridized carbons (Fsp3) is 0.385. The fourth-order valence-corrected chi connectivity index (χ4v) is 2.30. The van der Waals surface area contributed by atoms with Crippen LogP contribution in [0.4, 0.5) is 0 Å². The zero-order valence-corrected chi connectivity index (χ0v) is 10.1. The van der Waals surface area contributed by atoms with Crippen molar-refractivity contribution < 1.29 is 0 Å². The van der Waals surface area contributed by atoms with E-state index in [2.05, 4.69) is 19.9 Å². The number of nitrogens with zero attached hydrogens (tertiary/aromatic N) is 4. The van der Waals surface area contributed by atoms with E-state index in [4.69, 9.17) is 5.73 Å². The van der Waals surface area contributed by atoms with Crippen molar-refractivity contribution >= 4 is 0 Å². The summed E-state index contributed by atoms with van der Waals surface area (Å²) in [6.45, 7) is 0. The lowest BCUT2D eigenvalue weighted by molar-refractivity contribution is 0.614. The van der Waals surface area contributed by atoms with Crippen molar-refractivity contribution in [3.63, 3.8) is 0 Å². The first kappa shape index (κ1) is 11.2. The van der Waals surface area contributed by atoms with E-state index in [1.165, 1.54) is 6.33 Å². The predicted octanol–water partition coefficient (Wildman–Crippen LogP) is 1.66. The van der Waals surface area contributed by atoms with Gasteiger partial charge in [-0.05, 0) is 25.3 Å². The van der Waals surface area contributed by atoms with Gasteiger partial charge in [-0.3, -0.25) is 0 Å². The molecule has 2 heterocycles. The molecule has 1 unspecified atom stereocenters. The van der Waals surface area contributed by atoms with Crippen molar-refractivity contribution in [3.8, 4) is 11.5 Å². The minimum absolute atomic E-state index is 0.0712. The summed E-state index contributed by atoms with van der Waals surface area (Å²) in [7, 11) is 0. The van der Waals surface area contributed by atoms with Crippen LogP contribution < -0.4 is 5.73 Å². The maximum absolute atomic E-state index is 6.13. The van der Waals surface area contributed by atoms with E-state index in [0.717, 1.165) is 42.6 Å². The molecule has 1 aliphatic carbocycles. The molecule has 0 saturated carbocycles. The van der Waals surface area contributed by atoms with Crippen LogP contribution in [0.2, 0.25) is 0 Å². The zero-order chi connectivity index (χ0) is 12.4. The highest BCUT2D eigenvalue weighted by molar-refractivity contribution is 5.48. The van der Waals surface area contributed by atoms with Gasteiger partial charge in [0.25, 0.3) is 0 Å². The van der Waals surface area contributed by atoms with Gasteiger partial charge < -0.3 is 5.73 Å². The number of hydrogen-bond acceptors (Lipinski definition) is 5. The lowest BCUT2D eigenvalue weighted by Gasteiger charge is -2.11. The Kier molecular flexibility index (Phi) is 2.98. The second-order valence-corrected chi connectivity index (χ2v) is 4.54. The quantitative estimate of drug-likeness (QED) is 0.768. The molecule has 1 aliphatic rings. The Labute approximate surface area is 106 Å². The van der Waals surface area contributed by atoms with Crippen LogP contribution in [0, 0.1) is 0 Å². The maximum Gasteiger partial charge on any atom is 0.178 e. The summed E-state index contributed by atoms with van der Waals surface area (Å²) < 4.78 is 0. The first-order valence-corrected chi connectivity index (χ1v) is 6.22. The van der Waals surface area contributed by atoms with Gasteiger partial charge in [-0.1, -0.05) is 6.42 Å². The summed E-state index contributed by atoms with van der Waals surface area (Å²) in [5.41, 5.74) is 9.05. The number of nitrogens with two attached hydrogens (primary N) is 1. The van der Waals surface area contributed by atoms with Gasteiger partial charge in [0, 0.05) is 29.7 Å². The summed E-state index contributed by atoms with van der Waals surface area (Å²) >= 11 is 0. The van der Waals surface area contributed by atoms with Crippen LogP contribution in [-0.4, -0.2) is 19.9 Å². The SMILES string of the molecule is NC1CCCCc2nc(-c3ccncn3)ncc21. The fourth-order valence-electron chi connectivity index (χ4n) is 2.30. The van der Waals surface area contributed by atoms with Crippen LogP contribution in [0.15, 0.2) is 24.8 Å². The van der Waals surface area contributed by atoms with Gasteiger partial charge in [0.2, 0.25) is 0 Å². The van der Waals surface area contributed by atoms with Crippen LogP contribution >= 0.6 is 0 Å². The molecule has 5 heteroatoms. The normalized spacial score (nSPS) is 19.1. The number of fused-ring (bicyclic) bond motifs is 1. The molecule has 0 amide bonds. The first-order chi connectivity index (χ1) is 8.84. The van der Waals surface area contributed by atoms with E-state index in [1.807, 2.05) is 12.3 Å². The summed E-state index contributed by atoms with van der Waals surface area (Å²) in [5, 5.41) is 0. The van der Waals surface area contributed by atoms with Gasteiger partial charge in [-0.25, -0.2) is 19.9 Å².